The second kappa shape index (κ2) is 10.0. The smallest absolute Gasteiger partial charge is 0.252 e. The van der Waals surface area contributed by atoms with Crippen molar-refractivity contribution in [1.29, 1.82) is 0 Å². The molecule has 2 aromatic carbocycles. The van der Waals surface area contributed by atoms with Gasteiger partial charge in [0.05, 0.1) is 5.57 Å². The number of alkyl halides is 1. The molecule has 1 amide bonds. The first-order valence-corrected chi connectivity index (χ1v) is 9.97. The van der Waals surface area contributed by atoms with E-state index < -0.39 is 24.4 Å². The molecule has 0 saturated heterocycles. The van der Waals surface area contributed by atoms with E-state index >= 15 is 0 Å². The molecule has 6 nitrogen and oxygen atoms in total. The Hall–Kier alpha value is -3.45. The average molecular weight is 423 g/mol. The maximum atomic E-state index is 12.5. The lowest BCUT2D eigenvalue weighted by molar-refractivity contribution is -0.120. The Kier molecular flexibility index (Phi) is 7.20. The van der Waals surface area contributed by atoms with Gasteiger partial charge in [-0.15, -0.1) is 0 Å². The average Bonchev–Trinajstić information content (AvgIpc) is 2.80. The second-order valence-electron chi connectivity index (χ2n) is 7.16. The summed E-state index contributed by atoms with van der Waals surface area (Å²) in [4.78, 5) is 19.8. The number of aliphatic hydroxyl groups is 1. The highest BCUT2D eigenvalue weighted by Crippen LogP contribution is 2.29. The monoisotopic (exact) mass is 423 g/mol. The summed E-state index contributed by atoms with van der Waals surface area (Å²) in [5.41, 5.74) is 0.678. The van der Waals surface area contributed by atoms with Crippen LogP contribution in [-0.2, 0) is 9.63 Å². The normalized spacial score (nSPS) is 18.7. The molecule has 1 unspecified atom stereocenters. The van der Waals surface area contributed by atoms with Gasteiger partial charge in [-0.05, 0) is 30.2 Å². The molecule has 0 aliphatic carbocycles. The van der Waals surface area contributed by atoms with Crippen LogP contribution in [0.3, 0.4) is 0 Å². The molecule has 1 aliphatic rings. The van der Waals surface area contributed by atoms with Gasteiger partial charge in [0.1, 0.15) is 12.9 Å². The first-order valence-electron chi connectivity index (χ1n) is 9.97. The molecular weight excluding hydrogens is 397 g/mol. The zero-order valence-electron chi connectivity index (χ0n) is 17.5. The van der Waals surface area contributed by atoms with Gasteiger partial charge in [0, 0.05) is 19.3 Å². The molecule has 1 atom stereocenters. The number of carbonyl (C=O) groups excluding carboxylic acids is 1. The summed E-state index contributed by atoms with van der Waals surface area (Å²) in [6, 6.07) is 19.2. The van der Waals surface area contributed by atoms with Crippen molar-refractivity contribution in [3.63, 3.8) is 0 Å². The number of hydrogen-bond acceptors (Lipinski definition) is 5. The number of amides is 1. The van der Waals surface area contributed by atoms with Crippen LogP contribution in [-0.4, -0.2) is 48.1 Å². The van der Waals surface area contributed by atoms with Crippen molar-refractivity contribution in [2.75, 3.05) is 20.3 Å². The zero-order chi connectivity index (χ0) is 22.3. The van der Waals surface area contributed by atoms with Crippen molar-refractivity contribution in [2.45, 2.75) is 18.8 Å². The van der Waals surface area contributed by atoms with E-state index in [9.17, 15) is 14.3 Å². The van der Waals surface area contributed by atoms with Gasteiger partial charge in [0.2, 0.25) is 5.72 Å². The van der Waals surface area contributed by atoms with E-state index in [0.29, 0.717) is 0 Å². The quantitative estimate of drug-likeness (QED) is 0.505. The number of allylic oxidation sites excluding steroid dienone is 3. The molecule has 0 fully saturated rings. The van der Waals surface area contributed by atoms with Gasteiger partial charge in [0.15, 0.2) is 6.10 Å². The predicted octanol–water partition coefficient (Wildman–Crippen LogP) is 3.33. The van der Waals surface area contributed by atoms with Crippen LogP contribution in [0.4, 0.5) is 4.39 Å². The van der Waals surface area contributed by atoms with Crippen molar-refractivity contribution in [3.05, 3.63) is 95.2 Å². The van der Waals surface area contributed by atoms with Crippen LogP contribution in [0.15, 0.2) is 89.2 Å². The first kappa shape index (κ1) is 22.2. The van der Waals surface area contributed by atoms with Gasteiger partial charge >= 0.3 is 0 Å². The molecule has 0 spiro atoms. The summed E-state index contributed by atoms with van der Waals surface area (Å²) in [7, 11) is 1.64. The summed E-state index contributed by atoms with van der Waals surface area (Å²) in [6.07, 6.45) is 3.88. The molecular formula is C24H26FN3O3. The molecule has 1 aliphatic heterocycles. The molecule has 0 aromatic heterocycles. The number of carbonyl (C=O) groups is 1. The Balaban J connectivity index is 1.88. The van der Waals surface area contributed by atoms with Gasteiger partial charge < -0.3 is 20.2 Å². The summed E-state index contributed by atoms with van der Waals surface area (Å²) in [5, 5.41) is 17.8. The molecule has 31 heavy (non-hydrogen) atoms. The van der Waals surface area contributed by atoms with Crippen molar-refractivity contribution in [3.8, 4) is 0 Å². The third-order valence-electron chi connectivity index (χ3n) is 5.16. The summed E-state index contributed by atoms with van der Waals surface area (Å²) < 4.78 is 12.5. The Morgan fingerprint density at radius 1 is 1.16 bits per heavy atom. The Morgan fingerprint density at radius 3 is 2.29 bits per heavy atom. The molecule has 0 bridgehead atoms. The van der Waals surface area contributed by atoms with E-state index in [2.05, 4.69) is 10.5 Å². The Labute approximate surface area is 181 Å². The topological polar surface area (TPSA) is 74.2 Å². The minimum atomic E-state index is -1.85. The predicted molar refractivity (Wildman–Crippen MR) is 118 cm³/mol. The van der Waals surface area contributed by atoms with Crippen molar-refractivity contribution >= 4 is 12.1 Å². The highest BCUT2D eigenvalue weighted by atomic mass is 19.1. The van der Waals surface area contributed by atoms with Crippen LogP contribution in [0.5, 0.6) is 0 Å². The van der Waals surface area contributed by atoms with Gasteiger partial charge in [-0.25, -0.2) is 4.39 Å². The van der Waals surface area contributed by atoms with Gasteiger partial charge in [-0.2, -0.15) is 0 Å². The Bertz CT molecular complexity index is 937. The summed E-state index contributed by atoms with van der Waals surface area (Å²) in [6.45, 7) is 0.953. The van der Waals surface area contributed by atoms with Crippen molar-refractivity contribution in [2.24, 2.45) is 5.16 Å². The highest BCUT2D eigenvalue weighted by molar-refractivity contribution is 6.01. The van der Waals surface area contributed by atoms with Crippen LogP contribution >= 0.6 is 0 Å². The first-order chi connectivity index (χ1) is 15.0. The maximum absolute atomic E-state index is 12.5. The number of hydrogen-bond donors (Lipinski definition) is 2. The molecule has 7 heteroatoms. The summed E-state index contributed by atoms with van der Waals surface area (Å²) >= 11 is 0. The molecule has 1 heterocycles. The zero-order valence-corrected chi connectivity index (χ0v) is 17.5. The number of likely N-dealkylation sites (N-methyl/N-ethyl adjacent to an activating group) is 1. The van der Waals surface area contributed by atoms with E-state index in [1.165, 1.54) is 17.2 Å². The number of halogens is 1. The largest absolute Gasteiger partial charge is 0.383 e. The van der Waals surface area contributed by atoms with E-state index in [1.54, 1.807) is 20.0 Å². The van der Waals surface area contributed by atoms with Crippen LogP contribution in [0.2, 0.25) is 0 Å². The molecule has 0 radical (unpaired) electrons. The lowest BCUT2D eigenvalue weighted by Gasteiger charge is -2.39. The molecule has 2 aromatic rings. The number of oxime groups is 1. The fraction of sp³-hybridized carbons (Fsp3) is 0.250. The van der Waals surface area contributed by atoms with Gasteiger partial charge in [-0.3, -0.25) is 4.79 Å². The van der Waals surface area contributed by atoms with E-state index in [-0.39, 0.29) is 12.1 Å². The van der Waals surface area contributed by atoms with Crippen LogP contribution in [0.1, 0.15) is 24.2 Å². The third-order valence-corrected chi connectivity index (χ3v) is 5.16. The van der Waals surface area contributed by atoms with E-state index in [4.69, 9.17) is 4.84 Å². The van der Waals surface area contributed by atoms with Crippen LogP contribution in [0.25, 0.3) is 0 Å². The van der Waals surface area contributed by atoms with Gasteiger partial charge in [0.25, 0.3) is 5.91 Å². The van der Waals surface area contributed by atoms with E-state index in [1.807, 2.05) is 60.7 Å². The third kappa shape index (κ3) is 5.00. The second-order valence-corrected chi connectivity index (χ2v) is 7.16. The van der Waals surface area contributed by atoms with Gasteiger partial charge in [-0.1, -0.05) is 65.8 Å². The SMILES string of the molecule is CC1=CC=C(C(=O)NCCF)C(O)(C=NOC(c2ccccc2)c2ccccc2)N1C. The number of nitrogens with zero attached hydrogens (tertiary/aromatic N) is 2. The van der Waals surface area contributed by atoms with Crippen LogP contribution < -0.4 is 5.32 Å². The Morgan fingerprint density at radius 2 is 1.74 bits per heavy atom. The molecule has 3 rings (SSSR count). The fourth-order valence-corrected chi connectivity index (χ4v) is 3.28. The molecule has 162 valence electrons. The minimum absolute atomic E-state index is 0.0253. The molecule has 2 N–H and O–H groups in total. The van der Waals surface area contributed by atoms with E-state index in [0.717, 1.165) is 16.8 Å². The summed E-state index contributed by atoms with van der Waals surface area (Å²) in [5.74, 6) is -0.579. The fourth-order valence-electron chi connectivity index (χ4n) is 3.28. The lowest BCUT2D eigenvalue weighted by atomic mass is 9.97. The van der Waals surface area contributed by atoms with Crippen molar-refractivity contribution < 1.29 is 19.1 Å². The van der Waals surface area contributed by atoms with Crippen molar-refractivity contribution in [1.82, 2.24) is 10.2 Å². The number of benzene rings is 2. The standard InChI is InChI=1S/C24H26FN3O3/c1-18-13-14-21(23(29)26-16-15-25)24(30,28(18)2)17-27-31-22(19-9-5-3-6-10-19)20-11-7-4-8-12-20/h3-14,17,22,30H,15-16H2,1-2H3,(H,26,29). The highest BCUT2D eigenvalue weighted by Gasteiger charge is 2.41. The van der Waals surface area contributed by atoms with Crippen LogP contribution in [0, 0.1) is 0 Å². The molecule has 0 saturated carbocycles. The number of rotatable bonds is 8. The minimum Gasteiger partial charge on any atom is -0.383 e. The number of nitrogens with one attached hydrogen (secondary N) is 1. The maximum Gasteiger partial charge on any atom is 0.252 e. The lowest BCUT2D eigenvalue weighted by Crippen LogP contribution is -2.53.